The van der Waals surface area contributed by atoms with Crippen molar-refractivity contribution in [1.82, 2.24) is 19.7 Å². The highest BCUT2D eigenvalue weighted by Gasteiger charge is 2.21. The molecule has 0 aromatic carbocycles. The van der Waals surface area contributed by atoms with Gasteiger partial charge in [0.05, 0.1) is 17.5 Å². The van der Waals surface area contributed by atoms with E-state index in [0.29, 0.717) is 6.42 Å². The predicted octanol–water partition coefficient (Wildman–Crippen LogP) is 1.57. The molecule has 3 rings (SSSR count). The Morgan fingerprint density at radius 3 is 2.94 bits per heavy atom. The number of hydrogen-bond donors (Lipinski definition) is 0. The van der Waals surface area contributed by atoms with E-state index in [2.05, 4.69) is 15.1 Å². The molecule has 5 heteroatoms. The third kappa shape index (κ3) is 1.73. The van der Waals surface area contributed by atoms with Gasteiger partial charge in [-0.3, -0.25) is 4.79 Å². The first-order valence-corrected chi connectivity index (χ1v) is 5.73. The molecule has 0 spiro atoms. The van der Waals surface area contributed by atoms with Gasteiger partial charge in [0.15, 0.2) is 11.6 Å². The molecule has 0 unspecified atom stereocenters. The van der Waals surface area contributed by atoms with Gasteiger partial charge in [0.1, 0.15) is 6.33 Å². The molecule has 1 aliphatic rings. The first-order valence-electron chi connectivity index (χ1n) is 5.73. The van der Waals surface area contributed by atoms with Crippen LogP contribution in [0.3, 0.4) is 0 Å². The zero-order chi connectivity index (χ0) is 11.7. The number of Topliss-reactive ketones (excluding diaryl/α,β-unsaturated/α-hetero) is 1. The van der Waals surface area contributed by atoms with Crippen LogP contribution in [0.5, 0.6) is 0 Å². The maximum absolute atomic E-state index is 11.9. The summed E-state index contributed by atoms with van der Waals surface area (Å²) >= 11 is 0. The van der Waals surface area contributed by atoms with Crippen LogP contribution in [-0.4, -0.2) is 25.5 Å². The zero-order valence-corrected chi connectivity index (χ0v) is 9.33. The Kier molecular flexibility index (Phi) is 2.44. The molecular weight excluding hydrogens is 216 g/mol. The minimum atomic E-state index is 0.192. The average molecular weight is 228 g/mol. The van der Waals surface area contributed by atoms with Crippen molar-refractivity contribution in [3.05, 3.63) is 36.0 Å². The molecule has 86 valence electrons. The van der Waals surface area contributed by atoms with Crippen LogP contribution in [0.4, 0.5) is 0 Å². The van der Waals surface area contributed by atoms with E-state index >= 15 is 0 Å². The molecule has 5 nitrogen and oxygen atoms in total. The number of hydrogen-bond acceptors (Lipinski definition) is 4. The normalized spacial score (nSPS) is 15.4. The summed E-state index contributed by atoms with van der Waals surface area (Å²) < 4.78 is 1.75. The molecule has 0 N–H and O–H groups in total. The Balaban J connectivity index is 2.11. The summed E-state index contributed by atoms with van der Waals surface area (Å²) in [6.07, 6.45) is 8.31. The topological polar surface area (TPSA) is 60.7 Å². The van der Waals surface area contributed by atoms with E-state index in [-0.39, 0.29) is 5.78 Å². The lowest BCUT2D eigenvalue weighted by Gasteiger charge is -2.05. The van der Waals surface area contributed by atoms with Gasteiger partial charge >= 0.3 is 0 Å². The predicted molar refractivity (Wildman–Crippen MR) is 61.0 cm³/mol. The molecule has 0 bridgehead atoms. The first-order chi connectivity index (χ1) is 8.36. The molecular formula is C12H12N4O. The van der Waals surface area contributed by atoms with Gasteiger partial charge in [-0.15, -0.1) is 0 Å². The van der Waals surface area contributed by atoms with Gasteiger partial charge in [-0.25, -0.2) is 14.6 Å². The van der Waals surface area contributed by atoms with Crippen molar-refractivity contribution in [3.8, 4) is 5.82 Å². The van der Waals surface area contributed by atoms with Crippen LogP contribution >= 0.6 is 0 Å². The van der Waals surface area contributed by atoms with Crippen LogP contribution < -0.4 is 0 Å². The van der Waals surface area contributed by atoms with Crippen molar-refractivity contribution in [2.24, 2.45) is 0 Å². The summed E-state index contributed by atoms with van der Waals surface area (Å²) in [5, 5.41) is 4.27. The van der Waals surface area contributed by atoms with E-state index in [1.165, 1.54) is 6.33 Å². The van der Waals surface area contributed by atoms with Crippen LogP contribution in [0.15, 0.2) is 24.8 Å². The van der Waals surface area contributed by atoms with Crippen molar-refractivity contribution in [1.29, 1.82) is 0 Å². The fourth-order valence-corrected chi connectivity index (χ4v) is 2.17. The maximum Gasteiger partial charge on any atom is 0.166 e. The fourth-order valence-electron chi connectivity index (χ4n) is 2.17. The lowest BCUT2D eigenvalue weighted by atomic mass is 10.1. The van der Waals surface area contributed by atoms with Crippen molar-refractivity contribution in [2.75, 3.05) is 0 Å². The number of aromatic nitrogens is 4. The van der Waals surface area contributed by atoms with E-state index in [0.717, 1.165) is 36.3 Å². The van der Waals surface area contributed by atoms with Gasteiger partial charge in [0.2, 0.25) is 0 Å². The number of carbonyl (C=O) groups excluding carboxylic acids is 1. The molecule has 2 heterocycles. The summed E-state index contributed by atoms with van der Waals surface area (Å²) in [6.45, 7) is 0. The zero-order valence-electron chi connectivity index (χ0n) is 9.33. The summed E-state index contributed by atoms with van der Waals surface area (Å²) in [5.41, 5.74) is 1.73. The van der Waals surface area contributed by atoms with E-state index < -0.39 is 0 Å². The van der Waals surface area contributed by atoms with Crippen LogP contribution in [0.1, 0.15) is 35.3 Å². The van der Waals surface area contributed by atoms with Crippen LogP contribution in [-0.2, 0) is 6.42 Å². The van der Waals surface area contributed by atoms with E-state index in [4.69, 9.17) is 0 Å². The molecule has 0 fully saturated rings. The summed E-state index contributed by atoms with van der Waals surface area (Å²) in [7, 11) is 0. The van der Waals surface area contributed by atoms with Crippen molar-refractivity contribution in [3.63, 3.8) is 0 Å². The number of ketones is 1. The van der Waals surface area contributed by atoms with Crippen molar-refractivity contribution < 1.29 is 4.79 Å². The molecule has 0 aliphatic heterocycles. The van der Waals surface area contributed by atoms with Gasteiger partial charge in [-0.2, -0.15) is 5.10 Å². The minimum absolute atomic E-state index is 0.192. The van der Waals surface area contributed by atoms with Gasteiger partial charge in [0, 0.05) is 18.7 Å². The molecule has 0 atom stereocenters. The molecule has 2 aromatic heterocycles. The third-order valence-corrected chi connectivity index (χ3v) is 3.02. The second-order valence-corrected chi connectivity index (χ2v) is 4.11. The maximum atomic E-state index is 11.9. The number of rotatable bonds is 1. The first kappa shape index (κ1) is 10.1. The third-order valence-electron chi connectivity index (χ3n) is 3.02. The van der Waals surface area contributed by atoms with Crippen LogP contribution in [0.2, 0.25) is 0 Å². The lowest BCUT2D eigenvalue weighted by molar-refractivity contribution is 0.0982. The molecule has 1 aliphatic carbocycles. The van der Waals surface area contributed by atoms with E-state index in [1.807, 2.05) is 0 Å². The Hall–Kier alpha value is -2.04. The molecule has 17 heavy (non-hydrogen) atoms. The van der Waals surface area contributed by atoms with Gasteiger partial charge in [-0.1, -0.05) is 0 Å². The molecule has 2 aromatic rings. The quantitative estimate of drug-likeness (QED) is 0.695. The van der Waals surface area contributed by atoms with Gasteiger partial charge in [0.25, 0.3) is 0 Å². The van der Waals surface area contributed by atoms with Gasteiger partial charge < -0.3 is 0 Å². The highest BCUT2D eigenvalue weighted by molar-refractivity contribution is 5.97. The SMILES string of the molecule is O=C1CCCCc2c1cnn2-c1ccncn1. The molecule has 0 amide bonds. The smallest absolute Gasteiger partial charge is 0.166 e. The van der Waals surface area contributed by atoms with E-state index in [1.54, 1.807) is 23.1 Å². The van der Waals surface area contributed by atoms with Crippen molar-refractivity contribution in [2.45, 2.75) is 25.7 Å². The standard InChI is InChI=1S/C12H12N4O/c17-11-4-2-1-3-10-9(11)7-15-16(10)12-5-6-13-8-14-12/h5-8H,1-4H2. The number of nitrogens with zero attached hydrogens (tertiary/aromatic N) is 4. The highest BCUT2D eigenvalue weighted by Crippen LogP contribution is 2.21. The fraction of sp³-hybridized carbons (Fsp3) is 0.333. The Bertz CT molecular complexity index is 547. The summed E-state index contributed by atoms with van der Waals surface area (Å²) in [5.74, 6) is 0.911. The average Bonchev–Trinajstić information content (AvgIpc) is 2.71. The summed E-state index contributed by atoms with van der Waals surface area (Å²) in [4.78, 5) is 19.9. The second-order valence-electron chi connectivity index (χ2n) is 4.11. The van der Waals surface area contributed by atoms with Crippen LogP contribution in [0, 0.1) is 0 Å². The van der Waals surface area contributed by atoms with Crippen LogP contribution in [0.25, 0.3) is 5.82 Å². The Morgan fingerprint density at radius 1 is 1.24 bits per heavy atom. The Morgan fingerprint density at radius 2 is 2.12 bits per heavy atom. The lowest BCUT2D eigenvalue weighted by Crippen LogP contribution is -2.06. The van der Waals surface area contributed by atoms with E-state index in [9.17, 15) is 4.79 Å². The Labute approximate surface area is 98.5 Å². The highest BCUT2D eigenvalue weighted by atomic mass is 16.1. The summed E-state index contributed by atoms with van der Waals surface area (Å²) in [6, 6.07) is 1.79. The monoisotopic (exact) mass is 228 g/mol. The largest absolute Gasteiger partial charge is 0.294 e. The number of fused-ring (bicyclic) bond motifs is 1. The molecule has 0 saturated carbocycles. The molecule has 0 saturated heterocycles. The van der Waals surface area contributed by atoms with Gasteiger partial charge in [-0.05, 0) is 19.3 Å². The number of carbonyl (C=O) groups is 1. The van der Waals surface area contributed by atoms with Crippen molar-refractivity contribution >= 4 is 5.78 Å². The minimum Gasteiger partial charge on any atom is -0.294 e. The molecule has 0 radical (unpaired) electrons. The second kappa shape index (κ2) is 4.08.